The molecular formula is C14H20ClNO2. The molecule has 0 bridgehead atoms. The Hall–Kier alpha value is -0.610. The number of benzene rings is 1. The molecule has 0 amide bonds. The largest absolute Gasteiger partial charge is 0.389 e. The normalized spacial score (nSPS) is 18.1. The van der Waals surface area contributed by atoms with Crippen molar-refractivity contribution in [3.8, 4) is 0 Å². The first-order valence-corrected chi connectivity index (χ1v) is 6.84. The summed E-state index contributed by atoms with van der Waals surface area (Å²) in [7, 11) is 0. The number of aliphatic hydroxyl groups is 1. The van der Waals surface area contributed by atoms with Gasteiger partial charge in [0.25, 0.3) is 0 Å². The van der Waals surface area contributed by atoms with Gasteiger partial charge in [0.05, 0.1) is 19.3 Å². The average molecular weight is 270 g/mol. The molecule has 2 rings (SSSR count). The molecule has 1 aliphatic rings. The third kappa shape index (κ3) is 4.58. The molecule has 1 saturated heterocycles. The van der Waals surface area contributed by atoms with E-state index < -0.39 is 6.10 Å². The number of nitrogens with zero attached hydrogens (tertiary/aromatic N) is 1. The highest BCUT2D eigenvalue weighted by Crippen LogP contribution is 2.11. The molecule has 1 aromatic rings. The van der Waals surface area contributed by atoms with Crippen molar-refractivity contribution in [2.24, 2.45) is 0 Å². The van der Waals surface area contributed by atoms with Crippen LogP contribution in [-0.2, 0) is 11.3 Å². The lowest BCUT2D eigenvalue weighted by atomic mass is 10.2. The molecule has 4 heteroatoms. The van der Waals surface area contributed by atoms with Crippen molar-refractivity contribution in [1.29, 1.82) is 0 Å². The zero-order valence-electron chi connectivity index (χ0n) is 10.5. The van der Waals surface area contributed by atoms with Crippen molar-refractivity contribution in [3.63, 3.8) is 0 Å². The molecule has 1 heterocycles. The summed E-state index contributed by atoms with van der Waals surface area (Å²) in [5, 5.41) is 10.6. The van der Waals surface area contributed by atoms with Crippen molar-refractivity contribution in [3.05, 3.63) is 34.9 Å². The molecule has 0 spiro atoms. The monoisotopic (exact) mass is 269 g/mol. The van der Waals surface area contributed by atoms with E-state index in [4.69, 9.17) is 16.3 Å². The predicted molar refractivity (Wildman–Crippen MR) is 72.8 cm³/mol. The second-order valence-corrected chi connectivity index (χ2v) is 5.24. The third-order valence-electron chi connectivity index (χ3n) is 3.16. The summed E-state index contributed by atoms with van der Waals surface area (Å²) in [5.41, 5.74) is 1.08. The first-order valence-electron chi connectivity index (χ1n) is 6.46. The van der Waals surface area contributed by atoms with Crippen LogP contribution in [0.25, 0.3) is 0 Å². The van der Waals surface area contributed by atoms with Crippen LogP contribution >= 0.6 is 11.6 Å². The minimum absolute atomic E-state index is 0.388. The molecule has 0 unspecified atom stereocenters. The molecule has 0 saturated carbocycles. The van der Waals surface area contributed by atoms with Gasteiger partial charge in [-0.25, -0.2) is 0 Å². The van der Waals surface area contributed by atoms with E-state index in [-0.39, 0.29) is 0 Å². The van der Waals surface area contributed by atoms with Crippen molar-refractivity contribution >= 4 is 11.6 Å². The SMILES string of the molecule is O[C@H](COCc1ccc(Cl)cc1)CN1CCCC1. The zero-order chi connectivity index (χ0) is 12.8. The van der Waals surface area contributed by atoms with E-state index in [0.29, 0.717) is 13.2 Å². The fourth-order valence-corrected chi connectivity index (χ4v) is 2.34. The maximum absolute atomic E-state index is 9.84. The van der Waals surface area contributed by atoms with Crippen LogP contribution < -0.4 is 0 Å². The van der Waals surface area contributed by atoms with Gasteiger partial charge in [-0.1, -0.05) is 23.7 Å². The molecule has 3 nitrogen and oxygen atoms in total. The second-order valence-electron chi connectivity index (χ2n) is 4.80. The number of aliphatic hydroxyl groups excluding tert-OH is 1. The van der Waals surface area contributed by atoms with Crippen LogP contribution in [0.3, 0.4) is 0 Å². The van der Waals surface area contributed by atoms with E-state index in [1.807, 2.05) is 24.3 Å². The predicted octanol–water partition coefficient (Wildman–Crippen LogP) is 2.31. The Morgan fingerprint density at radius 1 is 1.22 bits per heavy atom. The van der Waals surface area contributed by atoms with Crippen LogP contribution in [0.4, 0.5) is 0 Å². The second kappa shape index (κ2) is 7.10. The summed E-state index contributed by atoms with van der Waals surface area (Å²) in [5.74, 6) is 0. The minimum atomic E-state index is -0.393. The molecule has 1 N–H and O–H groups in total. The lowest BCUT2D eigenvalue weighted by molar-refractivity contribution is 0.0134. The Balaban J connectivity index is 1.63. The molecule has 100 valence electrons. The molecule has 1 aliphatic heterocycles. The number of hydrogen-bond donors (Lipinski definition) is 1. The van der Waals surface area contributed by atoms with Gasteiger partial charge in [0.15, 0.2) is 0 Å². The topological polar surface area (TPSA) is 32.7 Å². The Labute approximate surface area is 113 Å². The highest BCUT2D eigenvalue weighted by atomic mass is 35.5. The Morgan fingerprint density at radius 3 is 2.56 bits per heavy atom. The van der Waals surface area contributed by atoms with E-state index in [0.717, 1.165) is 30.2 Å². The van der Waals surface area contributed by atoms with Crippen LogP contribution in [0.1, 0.15) is 18.4 Å². The van der Waals surface area contributed by atoms with Gasteiger partial charge in [0.1, 0.15) is 0 Å². The number of rotatable bonds is 6. The number of ether oxygens (including phenoxy) is 1. The smallest absolute Gasteiger partial charge is 0.0900 e. The lowest BCUT2D eigenvalue weighted by Gasteiger charge is -2.19. The van der Waals surface area contributed by atoms with Crippen molar-refractivity contribution in [1.82, 2.24) is 4.90 Å². The Bertz CT molecular complexity index is 349. The number of β-amino-alcohol motifs (C(OH)–C–C–N with tert-alkyl or cyclic N) is 1. The molecule has 18 heavy (non-hydrogen) atoms. The zero-order valence-corrected chi connectivity index (χ0v) is 11.3. The van der Waals surface area contributed by atoms with Crippen LogP contribution in [0.5, 0.6) is 0 Å². The highest BCUT2D eigenvalue weighted by Gasteiger charge is 2.15. The average Bonchev–Trinajstić information content (AvgIpc) is 2.84. The highest BCUT2D eigenvalue weighted by molar-refractivity contribution is 6.30. The molecule has 1 fully saturated rings. The summed E-state index contributed by atoms with van der Waals surface area (Å²) in [6.45, 7) is 3.84. The minimum Gasteiger partial charge on any atom is -0.389 e. The van der Waals surface area contributed by atoms with Gasteiger partial charge in [-0.3, -0.25) is 0 Å². The van der Waals surface area contributed by atoms with Gasteiger partial charge < -0.3 is 14.7 Å². The fraction of sp³-hybridized carbons (Fsp3) is 0.571. The van der Waals surface area contributed by atoms with E-state index in [1.54, 1.807) is 0 Å². The van der Waals surface area contributed by atoms with E-state index in [1.165, 1.54) is 12.8 Å². The molecule has 0 aliphatic carbocycles. The summed E-state index contributed by atoms with van der Waals surface area (Å²) in [4.78, 5) is 2.29. The summed E-state index contributed by atoms with van der Waals surface area (Å²) < 4.78 is 5.51. The van der Waals surface area contributed by atoms with Gasteiger partial charge in [-0.05, 0) is 43.6 Å². The van der Waals surface area contributed by atoms with Crippen LogP contribution in [0, 0.1) is 0 Å². The molecule has 1 aromatic carbocycles. The van der Waals surface area contributed by atoms with E-state index in [2.05, 4.69) is 4.90 Å². The van der Waals surface area contributed by atoms with Crippen molar-refractivity contribution in [2.75, 3.05) is 26.2 Å². The van der Waals surface area contributed by atoms with Crippen LogP contribution in [0.2, 0.25) is 5.02 Å². The van der Waals surface area contributed by atoms with Gasteiger partial charge in [0.2, 0.25) is 0 Å². The van der Waals surface area contributed by atoms with Crippen molar-refractivity contribution < 1.29 is 9.84 Å². The molecule has 1 atom stereocenters. The number of halogens is 1. The Kier molecular flexibility index (Phi) is 5.45. The van der Waals surface area contributed by atoms with E-state index in [9.17, 15) is 5.11 Å². The molecule has 0 aromatic heterocycles. The van der Waals surface area contributed by atoms with Crippen molar-refractivity contribution in [2.45, 2.75) is 25.6 Å². The molecular weight excluding hydrogens is 250 g/mol. The van der Waals surface area contributed by atoms with E-state index >= 15 is 0 Å². The fourth-order valence-electron chi connectivity index (χ4n) is 2.21. The van der Waals surface area contributed by atoms with Gasteiger partial charge in [-0.15, -0.1) is 0 Å². The van der Waals surface area contributed by atoms with Gasteiger partial charge >= 0.3 is 0 Å². The first kappa shape index (κ1) is 13.8. The Morgan fingerprint density at radius 2 is 1.89 bits per heavy atom. The summed E-state index contributed by atoms with van der Waals surface area (Å²) in [6, 6.07) is 7.58. The standard InChI is InChI=1S/C14H20ClNO2/c15-13-5-3-12(4-6-13)10-18-11-14(17)9-16-7-1-2-8-16/h3-6,14,17H,1-2,7-11H2/t14-/m0/s1. The summed E-state index contributed by atoms with van der Waals surface area (Å²) in [6.07, 6.45) is 2.10. The maximum atomic E-state index is 9.84. The third-order valence-corrected chi connectivity index (χ3v) is 3.41. The lowest BCUT2D eigenvalue weighted by Crippen LogP contribution is -2.32. The number of likely N-dealkylation sites (tertiary alicyclic amines) is 1. The quantitative estimate of drug-likeness (QED) is 0.860. The molecule has 0 radical (unpaired) electrons. The summed E-state index contributed by atoms with van der Waals surface area (Å²) >= 11 is 5.80. The van der Waals surface area contributed by atoms with Gasteiger partial charge in [0, 0.05) is 11.6 Å². The van der Waals surface area contributed by atoms with Gasteiger partial charge in [-0.2, -0.15) is 0 Å². The maximum Gasteiger partial charge on any atom is 0.0900 e. The van der Waals surface area contributed by atoms with Crippen LogP contribution in [-0.4, -0.2) is 42.4 Å². The number of hydrogen-bond acceptors (Lipinski definition) is 3. The van der Waals surface area contributed by atoms with Crippen LogP contribution in [0.15, 0.2) is 24.3 Å². The first-order chi connectivity index (χ1) is 8.74.